The second-order valence-electron chi connectivity index (χ2n) is 3.26. The topological polar surface area (TPSA) is 72.6 Å². The van der Waals surface area contributed by atoms with Gasteiger partial charge in [0, 0.05) is 18.2 Å². The Hall–Kier alpha value is -1.89. The van der Waals surface area contributed by atoms with Crippen molar-refractivity contribution in [1.29, 1.82) is 0 Å². The molecule has 1 aromatic rings. The van der Waals surface area contributed by atoms with Gasteiger partial charge in [-0.05, 0) is 0 Å². The lowest BCUT2D eigenvalue weighted by molar-refractivity contribution is -0.401. The number of benzene rings is 1. The molecule has 18 heavy (non-hydrogen) atoms. The van der Waals surface area contributed by atoms with Gasteiger partial charge in [0.05, 0.1) is 10.5 Å². The minimum absolute atomic E-state index is 0.379. The monoisotopic (exact) mass is 251 g/mol. The zero-order valence-electron chi connectivity index (χ0n) is 8.84. The average molecular weight is 251 g/mol. The van der Waals surface area contributed by atoms with Gasteiger partial charge in [-0.25, -0.2) is 8.78 Å². The van der Waals surface area contributed by atoms with E-state index < -0.39 is 33.5 Å². The van der Waals surface area contributed by atoms with Crippen molar-refractivity contribution in [3.8, 4) is 5.75 Å². The highest BCUT2D eigenvalue weighted by Gasteiger charge is 2.16. The number of ether oxygens (including phenoxy) is 1. The fraction of sp³-hybridized carbons (Fsp3) is 0.111. The first-order valence-electron chi connectivity index (χ1n) is 4.49. The zero-order valence-corrected chi connectivity index (χ0v) is 8.84. The molecule has 5 nitrogen and oxygen atoms in total. The van der Waals surface area contributed by atoms with E-state index in [9.17, 15) is 18.9 Å². The third-order valence-electron chi connectivity index (χ3n) is 1.70. The first-order valence-corrected chi connectivity index (χ1v) is 4.49. The van der Waals surface area contributed by atoms with E-state index in [-0.39, 0.29) is 0 Å². The normalized spacial score (nSPS) is 11.7. The summed E-state index contributed by atoms with van der Waals surface area (Å²) >= 11 is 0. The van der Waals surface area contributed by atoms with E-state index in [2.05, 4.69) is 4.74 Å². The summed E-state index contributed by atoms with van der Waals surface area (Å²) in [5.41, 5.74) is -3.21. The second-order valence-corrected chi connectivity index (χ2v) is 3.26. The van der Waals surface area contributed by atoms with Crippen molar-refractivity contribution >= 4 is 21.8 Å². The number of hydrogen-bond acceptors (Lipinski definition) is 4. The van der Waals surface area contributed by atoms with Crippen LogP contribution in [0.3, 0.4) is 0 Å². The third kappa shape index (κ3) is 4.17. The first-order chi connectivity index (χ1) is 8.19. The number of rotatable bonds is 4. The summed E-state index contributed by atoms with van der Waals surface area (Å²) in [7, 11) is 9.73. The molecule has 0 saturated heterocycles. The van der Waals surface area contributed by atoms with Crippen LogP contribution in [-0.2, 0) is 0 Å². The van der Waals surface area contributed by atoms with Gasteiger partial charge in [0.25, 0.3) is 0 Å². The maximum Gasteiger partial charge on any atom is 0.235 e. The predicted octanol–water partition coefficient (Wildman–Crippen LogP) is 0.532. The Bertz CT molecular complexity index is 479. The molecule has 4 radical (unpaired) electrons. The fourth-order valence-electron chi connectivity index (χ4n) is 1.10. The molecular formula is C9H5B2F2NO4. The summed E-state index contributed by atoms with van der Waals surface area (Å²) in [5, 5.41) is 18.9. The van der Waals surface area contributed by atoms with Crippen molar-refractivity contribution in [2.24, 2.45) is 0 Å². The maximum absolute atomic E-state index is 13.4. The largest absolute Gasteiger partial charge is 0.481 e. The molecular weight excluding hydrogens is 246 g/mol. The smallest absolute Gasteiger partial charge is 0.235 e. The third-order valence-corrected chi connectivity index (χ3v) is 1.70. The van der Waals surface area contributed by atoms with Crippen LogP contribution in [0.5, 0.6) is 5.75 Å². The van der Waals surface area contributed by atoms with E-state index in [1.54, 1.807) is 0 Å². The van der Waals surface area contributed by atoms with Crippen LogP contribution in [0, 0.1) is 21.7 Å². The molecule has 0 heterocycles. The predicted molar refractivity (Wildman–Crippen MR) is 59.5 cm³/mol. The molecule has 0 saturated carbocycles. The molecule has 0 aromatic heterocycles. The Morgan fingerprint density at radius 1 is 1.39 bits per heavy atom. The summed E-state index contributed by atoms with van der Waals surface area (Å²) in [6.45, 7) is 0. The summed E-state index contributed by atoms with van der Waals surface area (Å²) in [4.78, 5) is 9.16. The number of halogens is 2. The van der Waals surface area contributed by atoms with Crippen molar-refractivity contribution in [2.45, 2.75) is 5.59 Å². The highest BCUT2D eigenvalue weighted by Crippen LogP contribution is 2.23. The lowest BCUT2D eigenvalue weighted by Crippen LogP contribution is -2.36. The standard InChI is InChI=1S/C9H5B2F2NO4/c10-9(11,15)18-5-3-7(12)6(8(13)4-5)1-2-14(16)17/h1-4,15H/b2-1+. The Balaban J connectivity index is 3.09. The molecule has 1 rings (SSSR count). The molecule has 9 heteroatoms. The fourth-order valence-corrected chi connectivity index (χ4v) is 1.10. The average Bonchev–Trinajstić information content (AvgIpc) is 2.12. The van der Waals surface area contributed by atoms with Crippen molar-refractivity contribution in [2.75, 3.05) is 0 Å². The van der Waals surface area contributed by atoms with E-state index in [1.165, 1.54) is 0 Å². The van der Waals surface area contributed by atoms with Crippen LogP contribution in [0.1, 0.15) is 5.56 Å². The van der Waals surface area contributed by atoms with Gasteiger partial charge in [0.15, 0.2) is 15.7 Å². The van der Waals surface area contributed by atoms with Gasteiger partial charge in [-0.3, -0.25) is 10.1 Å². The molecule has 0 bridgehead atoms. The Morgan fingerprint density at radius 3 is 2.28 bits per heavy atom. The van der Waals surface area contributed by atoms with Crippen LogP contribution < -0.4 is 4.74 Å². The summed E-state index contributed by atoms with van der Waals surface area (Å²) in [6.07, 6.45) is 1.02. The SMILES string of the molecule is [B]C([B])(O)Oc1cc(F)c(/C=C/[N+](=O)[O-])c(F)c1. The van der Waals surface area contributed by atoms with Gasteiger partial charge in [-0.15, -0.1) is 0 Å². The molecule has 0 atom stereocenters. The van der Waals surface area contributed by atoms with Crippen LogP contribution in [0.25, 0.3) is 6.08 Å². The molecule has 0 fully saturated rings. The molecule has 90 valence electrons. The van der Waals surface area contributed by atoms with Gasteiger partial charge in [0.1, 0.15) is 23.0 Å². The lowest BCUT2D eigenvalue weighted by atomic mass is 9.76. The van der Waals surface area contributed by atoms with Gasteiger partial charge < -0.3 is 9.84 Å². The first kappa shape index (κ1) is 14.2. The Kier molecular flexibility index (Phi) is 4.07. The van der Waals surface area contributed by atoms with Gasteiger partial charge in [-0.1, -0.05) is 0 Å². The number of aliphatic hydroxyl groups is 1. The van der Waals surface area contributed by atoms with Crippen molar-refractivity contribution in [1.82, 2.24) is 0 Å². The van der Waals surface area contributed by atoms with Crippen molar-refractivity contribution in [3.05, 3.63) is 45.6 Å². The molecule has 0 aliphatic rings. The summed E-state index contributed by atoms with van der Waals surface area (Å²) in [6, 6.07) is 1.35. The van der Waals surface area contributed by atoms with Crippen molar-refractivity contribution < 1.29 is 23.5 Å². The Labute approximate surface area is 103 Å². The van der Waals surface area contributed by atoms with Gasteiger partial charge in [-0.2, -0.15) is 0 Å². The molecule has 1 aromatic carbocycles. The van der Waals surface area contributed by atoms with Crippen LogP contribution in [0.15, 0.2) is 18.3 Å². The number of nitrogens with zero attached hydrogens (tertiary/aromatic N) is 1. The van der Waals surface area contributed by atoms with Crippen LogP contribution in [0.4, 0.5) is 8.78 Å². The van der Waals surface area contributed by atoms with E-state index in [1.807, 2.05) is 0 Å². The zero-order chi connectivity index (χ0) is 13.9. The second kappa shape index (κ2) is 5.18. The lowest BCUT2D eigenvalue weighted by Gasteiger charge is -2.21. The molecule has 0 aliphatic carbocycles. The maximum atomic E-state index is 13.4. The van der Waals surface area contributed by atoms with E-state index >= 15 is 0 Å². The molecule has 0 amide bonds. The minimum atomic E-state index is -2.59. The quantitative estimate of drug-likeness (QED) is 0.366. The number of hydrogen-bond donors (Lipinski definition) is 1. The van der Waals surface area contributed by atoms with Crippen LogP contribution in [-0.4, -0.2) is 31.3 Å². The van der Waals surface area contributed by atoms with E-state index in [0.717, 1.165) is 0 Å². The highest BCUT2D eigenvalue weighted by molar-refractivity contribution is 6.37. The summed E-state index contributed by atoms with van der Waals surface area (Å²) < 4.78 is 31.2. The summed E-state index contributed by atoms with van der Waals surface area (Å²) in [5.74, 6) is -2.73. The van der Waals surface area contributed by atoms with E-state index in [0.29, 0.717) is 24.4 Å². The van der Waals surface area contributed by atoms with Gasteiger partial charge >= 0.3 is 0 Å². The van der Waals surface area contributed by atoms with Crippen molar-refractivity contribution in [3.63, 3.8) is 0 Å². The molecule has 1 N–H and O–H groups in total. The number of nitro groups is 1. The molecule has 0 unspecified atom stereocenters. The highest BCUT2D eigenvalue weighted by atomic mass is 19.1. The molecule has 0 aliphatic heterocycles. The van der Waals surface area contributed by atoms with Crippen LogP contribution in [0.2, 0.25) is 0 Å². The van der Waals surface area contributed by atoms with Gasteiger partial charge in [0.2, 0.25) is 6.20 Å². The Morgan fingerprint density at radius 2 is 1.89 bits per heavy atom. The van der Waals surface area contributed by atoms with Crippen LogP contribution >= 0.6 is 0 Å². The van der Waals surface area contributed by atoms with E-state index in [4.69, 9.17) is 20.8 Å². The molecule has 0 spiro atoms. The minimum Gasteiger partial charge on any atom is -0.481 e.